The Kier molecular flexibility index (Phi) is 6.29. The molecule has 1 aliphatic rings. The molecule has 1 aliphatic heterocycles. The van der Waals surface area contributed by atoms with Gasteiger partial charge in [-0.3, -0.25) is 9.59 Å². The number of ether oxygens (including phenoxy) is 1. The average molecular weight is 456 g/mol. The molecule has 1 amide bonds. The van der Waals surface area contributed by atoms with E-state index in [0.717, 1.165) is 5.56 Å². The highest BCUT2D eigenvalue weighted by molar-refractivity contribution is 7.89. The number of nitrogens with one attached hydrogen (secondary N) is 2. The Morgan fingerprint density at radius 2 is 2.03 bits per heavy atom. The van der Waals surface area contributed by atoms with E-state index in [-0.39, 0.29) is 22.9 Å². The zero-order chi connectivity index (χ0) is 22.7. The van der Waals surface area contributed by atoms with Gasteiger partial charge in [0.25, 0.3) is 0 Å². The average Bonchev–Trinajstić information content (AvgIpc) is 2.82. The molecule has 1 saturated heterocycles. The molecule has 4 rings (SSSR count). The molecule has 0 unspecified atom stereocenters. The van der Waals surface area contributed by atoms with Crippen molar-refractivity contribution < 1.29 is 17.9 Å². The van der Waals surface area contributed by atoms with E-state index in [2.05, 4.69) is 10.3 Å². The van der Waals surface area contributed by atoms with Gasteiger partial charge in [-0.05, 0) is 60.2 Å². The summed E-state index contributed by atoms with van der Waals surface area (Å²) in [5.41, 5.74) is 1.24. The first-order valence-corrected chi connectivity index (χ1v) is 11.8. The molecule has 8 nitrogen and oxygen atoms in total. The van der Waals surface area contributed by atoms with Crippen molar-refractivity contribution >= 4 is 26.8 Å². The third-order valence-corrected chi connectivity index (χ3v) is 7.55. The van der Waals surface area contributed by atoms with Crippen molar-refractivity contribution in [3.63, 3.8) is 0 Å². The molecule has 0 spiro atoms. The number of carbonyl (C=O) groups excluding carboxylic acids is 1. The van der Waals surface area contributed by atoms with Gasteiger partial charge in [0.05, 0.1) is 17.9 Å². The molecule has 0 bridgehead atoms. The summed E-state index contributed by atoms with van der Waals surface area (Å²) in [4.78, 5) is 27.0. The first-order chi connectivity index (χ1) is 15.4. The highest BCUT2D eigenvalue weighted by Gasteiger charge is 2.33. The van der Waals surface area contributed by atoms with Gasteiger partial charge in [0, 0.05) is 31.2 Å². The fraction of sp³-hybridized carbons (Fsp3) is 0.304. The van der Waals surface area contributed by atoms with E-state index in [9.17, 15) is 18.0 Å². The van der Waals surface area contributed by atoms with Crippen LogP contribution in [-0.2, 0) is 21.4 Å². The summed E-state index contributed by atoms with van der Waals surface area (Å²) in [7, 11) is -2.17. The third kappa shape index (κ3) is 4.68. The second-order valence-corrected chi connectivity index (χ2v) is 9.78. The van der Waals surface area contributed by atoms with Crippen LogP contribution in [0.1, 0.15) is 18.4 Å². The maximum absolute atomic E-state index is 13.2. The largest absolute Gasteiger partial charge is 0.497 e. The lowest BCUT2D eigenvalue weighted by Gasteiger charge is -2.31. The van der Waals surface area contributed by atoms with Crippen molar-refractivity contribution in [1.29, 1.82) is 0 Å². The molecule has 32 heavy (non-hydrogen) atoms. The number of nitrogens with zero attached hydrogens (tertiary/aromatic N) is 1. The second kappa shape index (κ2) is 9.13. The predicted molar refractivity (Wildman–Crippen MR) is 121 cm³/mol. The van der Waals surface area contributed by atoms with Gasteiger partial charge in [0.15, 0.2) is 0 Å². The summed E-state index contributed by atoms with van der Waals surface area (Å²) in [5.74, 6) is 0.135. The molecule has 9 heteroatoms. The van der Waals surface area contributed by atoms with E-state index in [4.69, 9.17) is 4.74 Å². The number of hydrogen-bond acceptors (Lipinski definition) is 5. The standard InChI is InChI=1S/C23H25N3O5S/c1-31-19-6-2-4-16(12-19)14-24-23(28)18-5-3-11-26(15-18)32(29,30)20-8-9-21-17(13-20)7-10-22(27)25-21/h2,4,6-10,12-13,18H,3,5,11,14-15H2,1H3,(H,24,28)(H,25,27)/t18-/m0/s1. The van der Waals surface area contributed by atoms with Crippen LogP contribution in [0.25, 0.3) is 10.9 Å². The molecule has 2 aromatic carbocycles. The van der Waals surface area contributed by atoms with E-state index in [1.165, 1.54) is 16.4 Å². The number of sulfonamides is 1. The summed E-state index contributed by atoms with van der Waals surface area (Å²) in [6.45, 7) is 0.851. The van der Waals surface area contributed by atoms with Crippen LogP contribution < -0.4 is 15.6 Å². The summed E-state index contributed by atoms with van der Waals surface area (Å²) in [6, 6.07) is 15.0. The molecule has 0 saturated carbocycles. The minimum absolute atomic E-state index is 0.135. The van der Waals surface area contributed by atoms with Crippen LogP contribution in [0.4, 0.5) is 0 Å². The zero-order valence-electron chi connectivity index (χ0n) is 17.7. The van der Waals surface area contributed by atoms with Gasteiger partial charge < -0.3 is 15.0 Å². The number of H-pyrrole nitrogens is 1. The molecule has 1 fully saturated rings. The Labute approximate surface area is 186 Å². The first kappa shape index (κ1) is 22.0. The van der Waals surface area contributed by atoms with Crippen LogP contribution in [0.15, 0.2) is 64.3 Å². The summed E-state index contributed by atoms with van der Waals surface area (Å²) >= 11 is 0. The van der Waals surface area contributed by atoms with Gasteiger partial charge in [-0.2, -0.15) is 4.31 Å². The third-order valence-electron chi connectivity index (χ3n) is 5.69. The number of fused-ring (bicyclic) bond motifs is 1. The molecule has 0 aliphatic carbocycles. The Balaban J connectivity index is 1.46. The number of benzene rings is 2. The van der Waals surface area contributed by atoms with Crippen molar-refractivity contribution in [2.24, 2.45) is 5.92 Å². The number of piperidine rings is 1. The summed E-state index contributed by atoms with van der Waals surface area (Å²) in [6.07, 6.45) is 1.24. The van der Waals surface area contributed by atoms with Crippen LogP contribution >= 0.6 is 0 Å². The number of rotatable bonds is 6. The second-order valence-electron chi connectivity index (χ2n) is 7.84. The summed E-state index contributed by atoms with van der Waals surface area (Å²) < 4.78 is 33.0. The van der Waals surface area contributed by atoms with E-state index in [1.54, 1.807) is 25.3 Å². The minimum atomic E-state index is -3.76. The number of carbonyl (C=O) groups is 1. The van der Waals surface area contributed by atoms with Crippen LogP contribution in [-0.4, -0.2) is 43.8 Å². The molecule has 0 radical (unpaired) electrons. The van der Waals surface area contributed by atoms with Gasteiger partial charge in [-0.1, -0.05) is 12.1 Å². The molecule has 1 aromatic heterocycles. The predicted octanol–water partition coefficient (Wildman–Crippen LogP) is 2.25. The molecule has 1 atom stereocenters. The van der Waals surface area contributed by atoms with Gasteiger partial charge in [0.2, 0.25) is 21.5 Å². The SMILES string of the molecule is COc1cccc(CNC(=O)[C@H]2CCCN(S(=O)(=O)c3ccc4[nH]c(=O)ccc4c3)C2)c1. The smallest absolute Gasteiger partial charge is 0.248 e. The number of hydrogen-bond donors (Lipinski definition) is 2. The van der Waals surface area contributed by atoms with Crippen molar-refractivity contribution in [2.75, 3.05) is 20.2 Å². The van der Waals surface area contributed by atoms with E-state index in [0.29, 0.717) is 42.6 Å². The van der Waals surface area contributed by atoms with Crippen molar-refractivity contribution in [3.8, 4) is 5.75 Å². The highest BCUT2D eigenvalue weighted by atomic mass is 32.2. The van der Waals surface area contributed by atoms with Crippen molar-refractivity contribution in [2.45, 2.75) is 24.3 Å². The van der Waals surface area contributed by atoms with Crippen molar-refractivity contribution in [3.05, 3.63) is 70.5 Å². The number of aromatic amines is 1. The van der Waals surface area contributed by atoms with Gasteiger partial charge in [-0.15, -0.1) is 0 Å². The Morgan fingerprint density at radius 1 is 1.19 bits per heavy atom. The fourth-order valence-electron chi connectivity index (χ4n) is 3.93. The Bertz CT molecular complexity index is 1300. The monoisotopic (exact) mass is 455 g/mol. The number of methoxy groups -OCH3 is 1. The number of aromatic nitrogens is 1. The van der Waals surface area contributed by atoms with Gasteiger partial charge in [-0.25, -0.2) is 8.42 Å². The summed E-state index contributed by atoms with van der Waals surface area (Å²) in [5, 5.41) is 3.55. The molecule has 168 valence electrons. The lowest BCUT2D eigenvalue weighted by molar-refractivity contribution is -0.126. The molecule has 3 aromatic rings. The van der Waals surface area contributed by atoms with Crippen LogP contribution in [0, 0.1) is 5.92 Å². The van der Waals surface area contributed by atoms with Gasteiger partial charge >= 0.3 is 0 Å². The number of pyridine rings is 1. The maximum Gasteiger partial charge on any atom is 0.248 e. The normalized spacial score (nSPS) is 17.2. The molecular formula is C23H25N3O5S. The van der Waals surface area contributed by atoms with Crippen molar-refractivity contribution in [1.82, 2.24) is 14.6 Å². The van der Waals surface area contributed by atoms with Crippen LogP contribution in [0.5, 0.6) is 5.75 Å². The van der Waals surface area contributed by atoms with Crippen LogP contribution in [0.2, 0.25) is 0 Å². The molecular weight excluding hydrogens is 430 g/mol. The maximum atomic E-state index is 13.2. The highest BCUT2D eigenvalue weighted by Crippen LogP contribution is 2.26. The van der Waals surface area contributed by atoms with Crippen LogP contribution in [0.3, 0.4) is 0 Å². The topological polar surface area (TPSA) is 109 Å². The lowest BCUT2D eigenvalue weighted by Crippen LogP contribution is -2.45. The van der Waals surface area contributed by atoms with E-state index < -0.39 is 15.9 Å². The number of amides is 1. The zero-order valence-corrected chi connectivity index (χ0v) is 18.5. The minimum Gasteiger partial charge on any atom is -0.497 e. The quantitative estimate of drug-likeness (QED) is 0.593. The van der Waals surface area contributed by atoms with E-state index in [1.807, 2.05) is 24.3 Å². The van der Waals surface area contributed by atoms with E-state index >= 15 is 0 Å². The lowest BCUT2D eigenvalue weighted by atomic mass is 9.99. The first-order valence-electron chi connectivity index (χ1n) is 10.4. The fourth-order valence-corrected chi connectivity index (χ4v) is 5.49. The Morgan fingerprint density at radius 3 is 2.84 bits per heavy atom. The molecule has 2 N–H and O–H groups in total. The Hall–Kier alpha value is -3.17. The molecule has 2 heterocycles. The van der Waals surface area contributed by atoms with Gasteiger partial charge in [0.1, 0.15) is 5.75 Å².